The molecule has 0 aliphatic carbocycles. The molecule has 12 heteroatoms. The number of tetrazole rings is 1. The van der Waals surface area contributed by atoms with Crippen LogP contribution in [0.3, 0.4) is 0 Å². The van der Waals surface area contributed by atoms with Gasteiger partial charge in [0, 0.05) is 26.2 Å². The van der Waals surface area contributed by atoms with Crippen molar-refractivity contribution in [3.8, 4) is 11.4 Å². The Hall–Kier alpha value is -3.54. The van der Waals surface area contributed by atoms with Crippen LogP contribution in [0, 0.1) is 5.82 Å². The fourth-order valence-corrected chi connectivity index (χ4v) is 3.44. The number of alkyl halides is 3. The first kappa shape index (κ1) is 22.6. The van der Waals surface area contributed by atoms with Crippen LogP contribution in [0.5, 0.6) is 5.75 Å². The standard InChI is InChI=1S/C21H20F4N6O2/c22-16-4-6-17(7-5-16)31-19(26-27-28-31)13-29-8-10-30(11-9-29)20(32)14-33-18-3-1-2-15(12-18)21(23,24)25/h1-7,12H,8-11,13-14H2. The highest BCUT2D eigenvalue weighted by Crippen LogP contribution is 2.31. The lowest BCUT2D eigenvalue weighted by atomic mass is 10.2. The summed E-state index contributed by atoms with van der Waals surface area (Å²) in [5.41, 5.74) is -0.194. The predicted octanol–water partition coefficient (Wildman–Crippen LogP) is 2.54. The number of amides is 1. The van der Waals surface area contributed by atoms with Crippen LogP contribution in [0.2, 0.25) is 0 Å². The lowest BCUT2D eigenvalue weighted by Crippen LogP contribution is -2.49. The summed E-state index contributed by atoms with van der Waals surface area (Å²) in [7, 11) is 0. The Kier molecular flexibility index (Phi) is 6.54. The van der Waals surface area contributed by atoms with Gasteiger partial charge in [0.15, 0.2) is 12.4 Å². The number of carbonyl (C=O) groups is 1. The van der Waals surface area contributed by atoms with E-state index in [0.717, 1.165) is 12.1 Å². The normalized spacial score (nSPS) is 15.0. The number of rotatable bonds is 6. The first-order valence-corrected chi connectivity index (χ1v) is 10.1. The predicted molar refractivity (Wildman–Crippen MR) is 108 cm³/mol. The maximum absolute atomic E-state index is 13.2. The molecule has 0 radical (unpaired) electrons. The molecule has 0 atom stereocenters. The average molecular weight is 464 g/mol. The van der Waals surface area contributed by atoms with Crippen molar-refractivity contribution >= 4 is 5.91 Å². The van der Waals surface area contributed by atoms with Crippen molar-refractivity contribution in [2.45, 2.75) is 12.7 Å². The maximum Gasteiger partial charge on any atom is 0.416 e. The number of ether oxygens (including phenoxy) is 1. The van der Waals surface area contributed by atoms with Gasteiger partial charge in [0.25, 0.3) is 5.91 Å². The molecule has 1 fully saturated rings. The summed E-state index contributed by atoms with van der Waals surface area (Å²) in [6, 6.07) is 10.2. The van der Waals surface area contributed by atoms with Crippen LogP contribution in [0.1, 0.15) is 11.4 Å². The van der Waals surface area contributed by atoms with Crippen LogP contribution >= 0.6 is 0 Å². The number of piperazine rings is 1. The molecular weight excluding hydrogens is 444 g/mol. The van der Waals surface area contributed by atoms with Crippen molar-refractivity contribution in [2.24, 2.45) is 0 Å². The molecule has 0 unspecified atom stereocenters. The lowest BCUT2D eigenvalue weighted by Gasteiger charge is -2.34. The van der Waals surface area contributed by atoms with E-state index in [1.165, 1.54) is 28.9 Å². The Balaban J connectivity index is 1.28. The SMILES string of the molecule is O=C(COc1cccc(C(F)(F)F)c1)N1CCN(Cc2nnnn2-c2ccc(F)cc2)CC1. The summed E-state index contributed by atoms with van der Waals surface area (Å²) < 4.78 is 58.4. The minimum Gasteiger partial charge on any atom is -0.484 e. The van der Waals surface area contributed by atoms with Crippen molar-refractivity contribution < 1.29 is 27.1 Å². The topological polar surface area (TPSA) is 76.4 Å². The third-order valence-corrected chi connectivity index (χ3v) is 5.22. The van der Waals surface area contributed by atoms with Crippen molar-refractivity contribution in [3.05, 3.63) is 65.7 Å². The number of hydrogen-bond acceptors (Lipinski definition) is 6. The van der Waals surface area contributed by atoms with E-state index in [2.05, 4.69) is 20.4 Å². The molecule has 4 rings (SSSR count). The van der Waals surface area contributed by atoms with Gasteiger partial charge in [-0.25, -0.2) is 4.39 Å². The second-order valence-electron chi connectivity index (χ2n) is 7.45. The van der Waals surface area contributed by atoms with Crippen LogP contribution in [-0.2, 0) is 17.5 Å². The number of nitrogens with zero attached hydrogens (tertiary/aromatic N) is 6. The molecular formula is C21H20F4N6O2. The van der Waals surface area contributed by atoms with Crippen LogP contribution in [0.15, 0.2) is 48.5 Å². The van der Waals surface area contributed by atoms with E-state index in [0.29, 0.717) is 44.2 Å². The molecule has 0 N–H and O–H groups in total. The van der Waals surface area contributed by atoms with Gasteiger partial charge in [-0.2, -0.15) is 17.9 Å². The molecule has 2 heterocycles. The summed E-state index contributed by atoms with van der Waals surface area (Å²) in [6.45, 7) is 2.08. The van der Waals surface area contributed by atoms with Crippen molar-refractivity contribution in [2.75, 3.05) is 32.8 Å². The quantitative estimate of drug-likeness (QED) is 0.522. The molecule has 0 bridgehead atoms. The highest BCUT2D eigenvalue weighted by molar-refractivity contribution is 5.77. The highest BCUT2D eigenvalue weighted by Gasteiger charge is 2.30. The average Bonchev–Trinajstić information content (AvgIpc) is 3.26. The zero-order valence-corrected chi connectivity index (χ0v) is 17.4. The largest absolute Gasteiger partial charge is 0.484 e. The van der Waals surface area contributed by atoms with Gasteiger partial charge in [-0.15, -0.1) is 5.10 Å². The molecule has 1 amide bonds. The fraction of sp³-hybridized carbons (Fsp3) is 0.333. The van der Waals surface area contributed by atoms with E-state index in [4.69, 9.17) is 4.74 Å². The van der Waals surface area contributed by atoms with Crippen LogP contribution in [0.25, 0.3) is 5.69 Å². The van der Waals surface area contributed by atoms with E-state index in [1.807, 2.05) is 0 Å². The third-order valence-electron chi connectivity index (χ3n) is 5.22. The molecule has 2 aromatic carbocycles. The van der Waals surface area contributed by atoms with Gasteiger partial charge < -0.3 is 9.64 Å². The summed E-state index contributed by atoms with van der Waals surface area (Å²) in [6.07, 6.45) is -4.48. The highest BCUT2D eigenvalue weighted by atomic mass is 19.4. The van der Waals surface area contributed by atoms with Crippen LogP contribution < -0.4 is 4.74 Å². The Bertz CT molecular complexity index is 1090. The van der Waals surface area contributed by atoms with Crippen LogP contribution in [-0.4, -0.2) is 68.7 Å². The molecule has 174 valence electrons. The number of aromatic nitrogens is 4. The van der Waals surface area contributed by atoms with E-state index in [9.17, 15) is 22.4 Å². The number of benzene rings is 2. The minimum absolute atomic E-state index is 0.00978. The van der Waals surface area contributed by atoms with Crippen molar-refractivity contribution in [3.63, 3.8) is 0 Å². The molecule has 1 aromatic heterocycles. The summed E-state index contributed by atoms with van der Waals surface area (Å²) >= 11 is 0. The van der Waals surface area contributed by atoms with Crippen LogP contribution in [0.4, 0.5) is 17.6 Å². The lowest BCUT2D eigenvalue weighted by molar-refractivity contribution is -0.137. The van der Waals surface area contributed by atoms with E-state index in [-0.39, 0.29) is 24.1 Å². The summed E-state index contributed by atoms with van der Waals surface area (Å²) in [4.78, 5) is 16.1. The zero-order valence-electron chi connectivity index (χ0n) is 17.4. The zero-order chi connectivity index (χ0) is 23.4. The second kappa shape index (κ2) is 9.53. The van der Waals surface area contributed by atoms with Gasteiger partial charge in [-0.1, -0.05) is 6.07 Å². The first-order chi connectivity index (χ1) is 15.8. The molecule has 1 aliphatic rings. The van der Waals surface area contributed by atoms with Gasteiger partial charge in [0.05, 0.1) is 17.8 Å². The molecule has 0 saturated carbocycles. The smallest absolute Gasteiger partial charge is 0.416 e. The molecule has 1 aliphatic heterocycles. The Labute approximate surface area is 186 Å². The van der Waals surface area contributed by atoms with Crippen molar-refractivity contribution in [1.82, 2.24) is 30.0 Å². The first-order valence-electron chi connectivity index (χ1n) is 10.1. The molecule has 0 spiro atoms. The Morgan fingerprint density at radius 3 is 2.45 bits per heavy atom. The van der Waals surface area contributed by atoms with Gasteiger partial charge in [-0.3, -0.25) is 9.69 Å². The van der Waals surface area contributed by atoms with Crippen molar-refractivity contribution in [1.29, 1.82) is 0 Å². The summed E-state index contributed by atoms with van der Waals surface area (Å²) in [5, 5.41) is 11.7. The monoisotopic (exact) mass is 464 g/mol. The number of hydrogen-bond donors (Lipinski definition) is 0. The van der Waals surface area contributed by atoms with E-state index < -0.39 is 11.7 Å². The number of carbonyl (C=O) groups excluding carboxylic acids is 1. The fourth-order valence-electron chi connectivity index (χ4n) is 3.44. The summed E-state index contributed by atoms with van der Waals surface area (Å²) in [5.74, 6) is -0.0897. The molecule has 1 saturated heterocycles. The Morgan fingerprint density at radius 1 is 1.03 bits per heavy atom. The minimum atomic E-state index is -4.48. The van der Waals surface area contributed by atoms with E-state index >= 15 is 0 Å². The van der Waals surface area contributed by atoms with Gasteiger partial charge >= 0.3 is 6.18 Å². The Morgan fingerprint density at radius 2 is 1.76 bits per heavy atom. The second-order valence-corrected chi connectivity index (χ2v) is 7.45. The van der Waals surface area contributed by atoms with Gasteiger partial charge in [-0.05, 0) is 52.9 Å². The third kappa shape index (κ3) is 5.64. The van der Waals surface area contributed by atoms with E-state index in [1.54, 1.807) is 17.0 Å². The molecule has 3 aromatic rings. The molecule has 8 nitrogen and oxygen atoms in total. The molecule has 33 heavy (non-hydrogen) atoms. The maximum atomic E-state index is 13.2. The van der Waals surface area contributed by atoms with Gasteiger partial charge in [0.2, 0.25) is 0 Å². The number of halogens is 4. The van der Waals surface area contributed by atoms with Gasteiger partial charge in [0.1, 0.15) is 11.6 Å².